The summed E-state index contributed by atoms with van der Waals surface area (Å²) in [5, 5.41) is 12.8. The molecule has 5 rings (SSSR count). The minimum atomic E-state index is -0.779. The Bertz CT molecular complexity index is 1730. The average Bonchev–Trinajstić information content (AvgIpc) is 3.38. The molecule has 218 valence electrons. The van der Waals surface area contributed by atoms with Gasteiger partial charge < -0.3 is 24.1 Å². The number of rotatable bonds is 10. The van der Waals surface area contributed by atoms with E-state index in [1.807, 2.05) is 25.1 Å². The number of nitrogens with zero attached hydrogens (tertiary/aromatic N) is 5. The molecule has 4 heterocycles. The number of nitrogens with one attached hydrogen (secondary N) is 1. The first-order valence-electron chi connectivity index (χ1n) is 12.9. The Balaban J connectivity index is 1.28. The zero-order chi connectivity index (χ0) is 29.8. The van der Waals surface area contributed by atoms with Crippen molar-refractivity contribution in [1.82, 2.24) is 24.9 Å². The van der Waals surface area contributed by atoms with Gasteiger partial charge in [0, 0.05) is 17.0 Å². The van der Waals surface area contributed by atoms with E-state index in [1.54, 1.807) is 27.2 Å². The van der Waals surface area contributed by atoms with Crippen LogP contribution in [0.4, 0.5) is 14.9 Å². The SMILES string of the molecule is COc1cnc2c(-c3nc4cc(F)c(O[C@@H](C)[C@@H](C)OC(=O)Nc5cnc(OCCO)nc5)nc4s3)cc(C)cc2c1. The fourth-order valence-electron chi connectivity index (χ4n) is 3.95. The van der Waals surface area contributed by atoms with Crippen LogP contribution >= 0.6 is 11.3 Å². The molecule has 0 fully saturated rings. The van der Waals surface area contributed by atoms with Crippen LogP contribution in [0.1, 0.15) is 19.4 Å². The maximum Gasteiger partial charge on any atom is 0.412 e. The van der Waals surface area contributed by atoms with Crippen molar-refractivity contribution in [1.29, 1.82) is 0 Å². The first-order chi connectivity index (χ1) is 20.2. The molecule has 0 unspecified atom stereocenters. The Hall–Kier alpha value is -4.69. The molecule has 2 atom stereocenters. The summed E-state index contributed by atoms with van der Waals surface area (Å²) < 4.78 is 36.5. The number of methoxy groups -OCH3 is 1. The summed E-state index contributed by atoms with van der Waals surface area (Å²) in [7, 11) is 1.59. The van der Waals surface area contributed by atoms with Gasteiger partial charge >= 0.3 is 12.1 Å². The van der Waals surface area contributed by atoms with E-state index in [4.69, 9.17) is 24.1 Å². The van der Waals surface area contributed by atoms with Gasteiger partial charge in [0.1, 0.15) is 39.9 Å². The number of anilines is 1. The number of pyridine rings is 2. The highest BCUT2D eigenvalue weighted by Crippen LogP contribution is 2.36. The molecule has 0 spiro atoms. The molecule has 0 radical (unpaired) electrons. The molecular weight excluding hydrogens is 567 g/mol. The highest BCUT2D eigenvalue weighted by atomic mass is 32.1. The molecule has 12 nitrogen and oxygen atoms in total. The molecule has 1 aromatic carbocycles. The largest absolute Gasteiger partial charge is 0.495 e. The molecule has 5 aromatic rings. The minimum Gasteiger partial charge on any atom is -0.495 e. The summed E-state index contributed by atoms with van der Waals surface area (Å²) in [6, 6.07) is 7.22. The molecule has 0 aliphatic carbocycles. The van der Waals surface area contributed by atoms with Gasteiger partial charge in [0.15, 0.2) is 5.82 Å². The number of aryl methyl sites for hydroxylation is 1. The van der Waals surface area contributed by atoms with E-state index < -0.39 is 24.1 Å². The Morgan fingerprint density at radius 3 is 2.60 bits per heavy atom. The molecule has 4 aromatic heterocycles. The molecular formula is C28H27FN6O6S. The van der Waals surface area contributed by atoms with E-state index >= 15 is 4.39 Å². The summed E-state index contributed by atoms with van der Waals surface area (Å²) in [6.45, 7) is 5.10. The molecule has 1 amide bonds. The highest BCUT2D eigenvalue weighted by Gasteiger charge is 2.23. The number of aromatic nitrogens is 5. The number of carbonyl (C=O) groups excluding carboxylic acids is 1. The smallest absolute Gasteiger partial charge is 0.412 e. The molecule has 2 N–H and O–H groups in total. The topological polar surface area (TPSA) is 151 Å². The zero-order valence-corrected chi connectivity index (χ0v) is 23.9. The highest BCUT2D eigenvalue weighted by molar-refractivity contribution is 7.21. The van der Waals surface area contributed by atoms with Gasteiger partial charge in [-0.25, -0.2) is 24.1 Å². The van der Waals surface area contributed by atoms with Crippen molar-refractivity contribution in [3.8, 4) is 28.2 Å². The van der Waals surface area contributed by atoms with Crippen LogP contribution in [0, 0.1) is 12.7 Å². The van der Waals surface area contributed by atoms with Crippen LogP contribution in [-0.2, 0) is 4.74 Å². The van der Waals surface area contributed by atoms with Gasteiger partial charge in [0.25, 0.3) is 5.88 Å². The third kappa shape index (κ3) is 6.44. The third-order valence-corrected chi connectivity index (χ3v) is 7.12. The van der Waals surface area contributed by atoms with E-state index in [-0.39, 0.29) is 30.8 Å². The number of aliphatic hydroxyl groups is 1. The summed E-state index contributed by atoms with van der Waals surface area (Å²) >= 11 is 1.29. The number of hydrogen-bond donors (Lipinski definition) is 2. The molecule has 0 saturated carbocycles. The molecule has 14 heteroatoms. The van der Waals surface area contributed by atoms with E-state index in [2.05, 4.69) is 30.2 Å². The van der Waals surface area contributed by atoms with Gasteiger partial charge in [0.2, 0.25) is 0 Å². The van der Waals surface area contributed by atoms with Crippen molar-refractivity contribution in [2.45, 2.75) is 33.0 Å². The van der Waals surface area contributed by atoms with Crippen molar-refractivity contribution < 1.29 is 33.2 Å². The lowest BCUT2D eigenvalue weighted by atomic mass is 10.1. The molecule has 42 heavy (non-hydrogen) atoms. The standard InChI is InChI=1S/C28H27FN6O6S/c1-14-7-17-9-19(38-4)13-30-23(17)20(8-14)25-34-22-10-21(29)24(35-26(22)42-25)40-15(2)16(3)41-28(37)33-18-11-31-27(32-12-18)39-6-5-36/h7-13,15-16,36H,5-6H2,1-4H3,(H,33,37)/t15-,16+/m0/s1. The number of aliphatic hydroxyl groups excluding tert-OH is 1. The van der Waals surface area contributed by atoms with E-state index in [0.717, 1.165) is 22.0 Å². The number of carbonyl (C=O) groups is 1. The van der Waals surface area contributed by atoms with E-state index in [9.17, 15) is 4.79 Å². The fraction of sp³-hybridized carbons (Fsp3) is 0.286. The van der Waals surface area contributed by atoms with Crippen LogP contribution < -0.4 is 19.5 Å². The Morgan fingerprint density at radius 2 is 1.86 bits per heavy atom. The minimum absolute atomic E-state index is 0.0498. The quantitative estimate of drug-likeness (QED) is 0.227. The summed E-state index contributed by atoms with van der Waals surface area (Å²) in [6.07, 6.45) is 2.01. The molecule has 0 bridgehead atoms. The average molecular weight is 595 g/mol. The predicted molar refractivity (Wildman–Crippen MR) is 154 cm³/mol. The number of halogens is 1. The van der Waals surface area contributed by atoms with Gasteiger partial charge in [-0.1, -0.05) is 11.3 Å². The first-order valence-corrected chi connectivity index (χ1v) is 13.7. The lowest BCUT2D eigenvalue weighted by molar-refractivity contribution is 0.0379. The second-order valence-electron chi connectivity index (χ2n) is 9.26. The number of fused-ring (bicyclic) bond motifs is 2. The Kier molecular flexibility index (Phi) is 8.54. The van der Waals surface area contributed by atoms with Crippen LogP contribution in [0.15, 0.2) is 42.9 Å². The monoisotopic (exact) mass is 594 g/mol. The molecule has 0 aliphatic rings. The lowest BCUT2D eigenvalue weighted by Gasteiger charge is -2.21. The predicted octanol–water partition coefficient (Wildman–Crippen LogP) is 4.93. The van der Waals surface area contributed by atoms with Crippen LogP contribution in [0.2, 0.25) is 0 Å². The van der Waals surface area contributed by atoms with Crippen LogP contribution in [-0.4, -0.2) is 68.7 Å². The Morgan fingerprint density at radius 1 is 1.07 bits per heavy atom. The second kappa shape index (κ2) is 12.4. The van der Waals surface area contributed by atoms with Gasteiger partial charge in [-0.05, 0) is 44.5 Å². The van der Waals surface area contributed by atoms with Gasteiger partial charge in [-0.15, -0.1) is 0 Å². The summed E-state index contributed by atoms with van der Waals surface area (Å²) in [5.74, 6) is -0.280. The van der Waals surface area contributed by atoms with Gasteiger partial charge in [-0.3, -0.25) is 10.3 Å². The van der Waals surface area contributed by atoms with Crippen molar-refractivity contribution in [3.63, 3.8) is 0 Å². The molecule has 0 saturated heterocycles. The van der Waals surface area contributed by atoms with Crippen molar-refractivity contribution in [2.24, 2.45) is 0 Å². The van der Waals surface area contributed by atoms with Crippen molar-refractivity contribution in [3.05, 3.63) is 54.2 Å². The Labute approximate surface area is 243 Å². The third-order valence-electron chi connectivity index (χ3n) is 6.12. The van der Waals surface area contributed by atoms with Crippen LogP contribution in [0.5, 0.6) is 17.6 Å². The van der Waals surface area contributed by atoms with Crippen LogP contribution in [0.25, 0.3) is 31.8 Å². The first kappa shape index (κ1) is 28.8. The van der Waals surface area contributed by atoms with Crippen molar-refractivity contribution in [2.75, 3.05) is 25.6 Å². The van der Waals surface area contributed by atoms with Gasteiger partial charge in [0.05, 0.1) is 43.5 Å². The summed E-state index contributed by atoms with van der Waals surface area (Å²) in [5.41, 5.74) is 3.21. The fourth-order valence-corrected chi connectivity index (χ4v) is 4.88. The maximum absolute atomic E-state index is 15.0. The number of amides is 1. The normalized spacial score (nSPS) is 12.6. The summed E-state index contributed by atoms with van der Waals surface area (Å²) in [4.78, 5) is 34.2. The van der Waals surface area contributed by atoms with E-state index in [1.165, 1.54) is 29.8 Å². The number of thiazole rings is 1. The second-order valence-corrected chi connectivity index (χ2v) is 10.2. The van der Waals surface area contributed by atoms with Crippen LogP contribution in [0.3, 0.4) is 0 Å². The molecule has 0 aliphatic heterocycles. The zero-order valence-electron chi connectivity index (χ0n) is 23.1. The van der Waals surface area contributed by atoms with E-state index in [0.29, 0.717) is 21.1 Å². The lowest BCUT2D eigenvalue weighted by Crippen LogP contribution is -2.33. The maximum atomic E-state index is 15.0. The van der Waals surface area contributed by atoms with Crippen molar-refractivity contribution >= 4 is 44.4 Å². The van der Waals surface area contributed by atoms with Gasteiger partial charge in [-0.2, -0.15) is 4.98 Å². The number of ether oxygens (including phenoxy) is 4. The number of benzene rings is 1. The number of hydrogen-bond acceptors (Lipinski definition) is 12.